The zero-order chi connectivity index (χ0) is 20.6. The maximum absolute atomic E-state index is 14.5. The second-order valence-corrected chi connectivity index (χ2v) is 6.53. The lowest BCUT2D eigenvalue weighted by Gasteiger charge is -2.20. The fourth-order valence-electron chi connectivity index (χ4n) is 3.52. The summed E-state index contributed by atoms with van der Waals surface area (Å²) in [5, 5.41) is 0.785. The van der Waals surface area contributed by atoms with Gasteiger partial charge in [-0.1, -0.05) is 44.9 Å². The molecule has 0 radical (unpaired) electrons. The first-order chi connectivity index (χ1) is 13.3. The molecule has 0 spiro atoms. The van der Waals surface area contributed by atoms with Crippen LogP contribution in [0.15, 0.2) is 29.1 Å². The lowest BCUT2D eigenvalue weighted by atomic mass is 9.97. The van der Waals surface area contributed by atoms with Crippen molar-refractivity contribution in [3.8, 4) is 5.69 Å². The standard InChI is InChI=1S/C21H18F5NO/c1-3-7-12-11-9-5-6-10-13(11)21(28)27(14(12)8-4-2)20-18(25)16(23)15(22)17(24)19(20)26/h5-6,9-10H,3-4,7-8H2,1-2H3. The summed E-state index contributed by atoms with van der Waals surface area (Å²) in [6.45, 7) is 3.70. The molecule has 3 aromatic rings. The van der Waals surface area contributed by atoms with Crippen LogP contribution in [0.1, 0.15) is 37.9 Å². The first kappa shape index (κ1) is 20.0. The van der Waals surface area contributed by atoms with Gasteiger partial charge in [-0.25, -0.2) is 22.0 Å². The van der Waals surface area contributed by atoms with E-state index in [0.29, 0.717) is 34.8 Å². The van der Waals surface area contributed by atoms with Gasteiger partial charge < -0.3 is 0 Å². The second kappa shape index (κ2) is 7.73. The third-order valence-electron chi connectivity index (χ3n) is 4.70. The topological polar surface area (TPSA) is 22.0 Å². The van der Waals surface area contributed by atoms with E-state index in [2.05, 4.69) is 0 Å². The number of nitrogens with zero attached hydrogens (tertiary/aromatic N) is 1. The van der Waals surface area contributed by atoms with Crippen molar-refractivity contribution in [3.05, 3.63) is 75.0 Å². The Morgan fingerprint density at radius 1 is 0.750 bits per heavy atom. The number of hydrogen-bond donors (Lipinski definition) is 0. The zero-order valence-corrected chi connectivity index (χ0v) is 15.4. The highest BCUT2D eigenvalue weighted by Gasteiger charge is 2.29. The van der Waals surface area contributed by atoms with E-state index in [-0.39, 0.29) is 17.5 Å². The van der Waals surface area contributed by atoms with Crippen molar-refractivity contribution in [2.45, 2.75) is 39.5 Å². The normalized spacial score (nSPS) is 11.4. The van der Waals surface area contributed by atoms with Crippen LogP contribution in [0.5, 0.6) is 0 Å². The lowest BCUT2D eigenvalue weighted by Crippen LogP contribution is -2.27. The molecule has 0 N–H and O–H groups in total. The van der Waals surface area contributed by atoms with Crippen LogP contribution in [-0.2, 0) is 12.8 Å². The molecule has 28 heavy (non-hydrogen) atoms. The number of hydrogen-bond acceptors (Lipinski definition) is 1. The zero-order valence-electron chi connectivity index (χ0n) is 15.4. The number of aryl methyl sites for hydroxylation is 1. The minimum absolute atomic E-state index is 0.162. The fourth-order valence-corrected chi connectivity index (χ4v) is 3.52. The molecule has 0 amide bonds. The van der Waals surface area contributed by atoms with Crippen LogP contribution >= 0.6 is 0 Å². The molecular weight excluding hydrogens is 377 g/mol. The molecule has 1 heterocycles. The molecule has 0 unspecified atom stereocenters. The van der Waals surface area contributed by atoms with Crippen molar-refractivity contribution in [3.63, 3.8) is 0 Å². The molecule has 7 heteroatoms. The predicted octanol–water partition coefficient (Wildman–Crippen LogP) is 5.59. The minimum atomic E-state index is -2.25. The molecule has 0 fully saturated rings. The molecule has 0 atom stereocenters. The molecule has 2 nitrogen and oxygen atoms in total. The van der Waals surface area contributed by atoms with Gasteiger partial charge in [-0.05, 0) is 29.9 Å². The highest BCUT2D eigenvalue weighted by atomic mass is 19.2. The summed E-state index contributed by atoms with van der Waals surface area (Å²) in [7, 11) is 0. The number of aromatic nitrogens is 1. The van der Waals surface area contributed by atoms with E-state index in [9.17, 15) is 26.7 Å². The molecular formula is C21H18F5NO. The molecule has 2 aromatic carbocycles. The Hall–Kier alpha value is -2.70. The van der Waals surface area contributed by atoms with E-state index in [1.54, 1.807) is 25.1 Å². The Balaban J connectivity index is 2.58. The Morgan fingerprint density at radius 2 is 1.25 bits per heavy atom. The SMILES string of the molecule is CCCc1c(CCC)n(-c2c(F)c(F)c(F)c(F)c2F)c(=O)c2ccccc12. The van der Waals surface area contributed by atoms with E-state index in [1.165, 1.54) is 6.07 Å². The van der Waals surface area contributed by atoms with E-state index < -0.39 is 40.3 Å². The number of halogens is 5. The molecule has 0 aliphatic heterocycles. The van der Waals surface area contributed by atoms with Gasteiger partial charge in [-0.2, -0.15) is 0 Å². The van der Waals surface area contributed by atoms with Crippen molar-refractivity contribution in [1.82, 2.24) is 4.57 Å². The van der Waals surface area contributed by atoms with Crippen LogP contribution in [0, 0.1) is 29.1 Å². The van der Waals surface area contributed by atoms with Crippen molar-refractivity contribution < 1.29 is 22.0 Å². The molecule has 0 bridgehead atoms. The van der Waals surface area contributed by atoms with Gasteiger partial charge >= 0.3 is 0 Å². The van der Waals surface area contributed by atoms with Crippen molar-refractivity contribution in [2.75, 3.05) is 0 Å². The number of benzene rings is 2. The van der Waals surface area contributed by atoms with Crippen LogP contribution in [0.3, 0.4) is 0 Å². The van der Waals surface area contributed by atoms with Gasteiger partial charge in [0.1, 0.15) is 5.69 Å². The highest BCUT2D eigenvalue weighted by molar-refractivity contribution is 5.86. The molecule has 3 rings (SSSR count). The van der Waals surface area contributed by atoms with Crippen LogP contribution in [0.25, 0.3) is 16.5 Å². The van der Waals surface area contributed by atoms with Gasteiger partial charge in [0.15, 0.2) is 23.3 Å². The summed E-state index contributed by atoms with van der Waals surface area (Å²) in [4.78, 5) is 13.1. The summed E-state index contributed by atoms with van der Waals surface area (Å²) in [6, 6.07) is 6.53. The summed E-state index contributed by atoms with van der Waals surface area (Å²) in [5.74, 6) is -10.4. The second-order valence-electron chi connectivity index (χ2n) is 6.53. The quantitative estimate of drug-likeness (QED) is 0.314. The minimum Gasteiger partial charge on any atom is -0.274 e. The van der Waals surface area contributed by atoms with Gasteiger partial charge in [0, 0.05) is 11.1 Å². The number of fused-ring (bicyclic) bond motifs is 1. The van der Waals surface area contributed by atoms with E-state index in [0.717, 1.165) is 0 Å². The van der Waals surface area contributed by atoms with Crippen LogP contribution in [0.4, 0.5) is 22.0 Å². The predicted molar refractivity (Wildman–Crippen MR) is 97.3 cm³/mol. The average Bonchev–Trinajstić information content (AvgIpc) is 2.70. The Bertz CT molecular complexity index is 1090. The highest BCUT2D eigenvalue weighted by Crippen LogP contribution is 2.30. The molecule has 0 saturated carbocycles. The maximum Gasteiger partial charge on any atom is 0.263 e. The average molecular weight is 395 g/mol. The number of rotatable bonds is 5. The third kappa shape index (κ3) is 2.99. The maximum atomic E-state index is 14.5. The van der Waals surface area contributed by atoms with E-state index in [1.807, 2.05) is 6.92 Å². The molecule has 0 aliphatic carbocycles. The van der Waals surface area contributed by atoms with Crippen LogP contribution in [0.2, 0.25) is 0 Å². The summed E-state index contributed by atoms with van der Waals surface area (Å²) < 4.78 is 70.9. The van der Waals surface area contributed by atoms with Crippen LogP contribution in [-0.4, -0.2) is 4.57 Å². The first-order valence-electron chi connectivity index (χ1n) is 9.02. The lowest BCUT2D eigenvalue weighted by molar-refractivity contribution is 0.374. The fraction of sp³-hybridized carbons (Fsp3) is 0.286. The Morgan fingerprint density at radius 3 is 1.79 bits per heavy atom. The third-order valence-corrected chi connectivity index (χ3v) is 4.70. The van der Waals surface area contributed by atoms with Gasteiger partial charge in [-0.3, -0.25) is 9.36 Å². The monoisotopic (exact) mass is 395 g/mol. The number of pyridine rings is 1. The van der Waals surface area contributed by atoms with Gasteiger partial charge in [-0.15, -0.1) is 0 Å². The largest absolute Gasteiger partial charge is 0.274 e. The molecule has 0 aliphatic rings. The molecule has 148 valence electrons. The Kier molecular flexibility index (Phi) is 5.54. The smallest absolute Gasteiger partial charge is 0.263 e. The van der Waals surface area contributed by atoms with Gasteiger partial charge in [0.2, 0.25) is 5.82 Å². The Labute approximate surface area is 158 Å². The van der Waals surface area contributed by atoms with Crippen molar-refractivity contribution in [1.29, 1.82) is 0 Å². The first-order valence-corrected chi connectivity index (χ1v) is 9.02. The summed E-state index contributed by atoms with van der Waals surface area (Å²) in [5.41, 5.74) is -1.12. The van der Waals surface area contributed by atoms with Crippen LogP contribution < -0.4 is 5.56 Å². The summed E-state index contributed by atoms with van der Waals surface area (Å²) >= 11 is 0. The molecule has 0 saturated heterocycles. The van der Waals surface area contributed by atoms with Gasteiger partial charge in [0.05, 0.1) is 0 Å². The molecule has 1 aromatic heterocycles. The van der Waals surface area contributed by atoms with Crippen molar-refractivity contribution in [2.24, 2.45) is 0 Å². The van der Waals surface area contributed by atoms with E-state index in [4.69, 9.17) is 0 Å². The van der Waals surface area contributed by atoms with Crippen molar-refractivity contribution >= 4 is 10.8 Å². The van der Waals surface area contributed by atoms with Gasteiger partial charge in [0.25, 0.3) is 5.56 Å². The van der Waals surface area contributed by atoms with E-state index >= 15 is 0 Å². The summed E-state index contributed by atoms with van der Waals surface area (Å²) in [6.07, 6.45) is 1.93.